The summed E-state index contributed by atoms with van der Waals surface area (Å²) in [4.78, 5) is 21.6. The number of hydrogen-bond donors (Lipinski definition) is 1. The molecule has 36 heavy (non-hydrogen) atoms. The first-order valence-electron chi connectivity index (χ1n) is 11.8. The van der Waals surface area contributed by atoms with Gasteiger partial charge in [-0.25, -0.2) is 23.1 Å². The SMILES string of the molecule is CCC(C)N1CC(C)(C)Oc2c(F)cc(-c3nc(Cc4ccc(NC(C)=O)c(F)c4)ncc3F)cc21. The smallest absolute Gasteiger partial charge is 0.221 e. The van der Waals surface area contributed by atoms with Crippen LogP contribution in [0.25, 0.3) is 11.3 Å². The summed E-state index contributed by atoms with van der Waals surface area (Å²) in [6.07, 6.45) is 1.99. The lowest BCUT2D eigenvalue weighted by Crippen LogP contribution is -2.50. The lowest BCUT2D eigenvalue weighted by molar-refractivity contribution is -0.114. The lowest BCUT2D eigenvalue weighted by Gasteiger charge is -2.44. The molecule has 1 aliphatic rings. The van der Waals surface area contributed by atoms with Crippen molar-refractivity contribution in [3.8, 4) is 17.0 Å². The third-order valence-corrected chi connectivity index (χ3v) is 6.16. The lowest BCUT2D eigenvalue weighted by atomic mass is 10.00. The fourth-order valence-corrected chi connectivity index (χ4v) is 4.28. The monoisotopic (exact) mass is 498 g/mol. The Balaban J connectivity index is 1.70. The van der Waals surface area contributed by atoms with E-state index in [-0.39, 0.29) is 46.9 Å². The number of aromatic nitrogens is 2. The maximum Gasteiger partial charge on any atom is 0.221 e. The number of carbonyl (C=O) groups excluding carboxylic acids is 1. The fourth-order valence-electron chi connectivity index (χ4n) is 4.28. The van der Waals surface area contributed by atoms with Crippen LogP contribution in [0.3, 0.4) is 0 Å². The average molecular weight is 499 g/mol. The molecular weight excluding hydrogens is 469 g/mol. The highest BCUT2D eigenvalue weighted by Crippen LogP contribution is 2.43. The number of nitrogens with zero attached hydrogens (tertiary/aromatic N) is 3. The number of hydrogen-bond acceptors (Lipinski definition) is 5. The number of carbonyl (C=O) groups is 1. The van der Waals surface area contributed by atoms with Crippen LogP contribution < -0.4 is 15.0 Å². The van der Waals surface area contributed by atoms with Gasteiger partial charge in [0, 0.05) is 24.9 Å². The zero-order valence-electron chi connectivity index (χ0n) is 21.0. The topological polar surface area (TPSA) is 67.3 Å². The van der Waals surface area contributed by atoms with Gasteiger partial charge in [0.15, 0.2) is 17.4 Å². The minimum absolute atomic E-state index is 0.0500. The van der Waals surface area contributed by atoms with Gasteiger partial charge < -0.3 is 15.0 Å². The number of amides is 1. The second-order valence-corrected chi connectivity index (χ2v) is 9.71. The Morgan fingerprint density at radius 1 is 1.17 bits per heavy atom. The Hall–Kier alpha value is -3.62. The van der Waals surface area contributed by atoms with Crippen LogP contribution in [0.2, 0.25) is 0 Å². The predicted octanol–water partition coefficient (Wildman–Crippen LogP) is 5.89. The summed E-state index contributed by atoms with van der Waals surface area (Å²) >= 11 is 0. The molecule has 6 nitrogen and oxygen atoms in total. The molecule has 9 heteroatoms. The molecule has 1 N–H and O–H groups in total. The van der Waals surface area contributed by atoms with Crippen LogP contribution in [0.4, 0.5) is 24.5 Å². The largest absolute Gasteiger partial charge is 0.481 e. The van der Waals surface area contributed by atoms with Gasteiger partial charge in [0.05, 0.1) is 24.1 Å². The van der Waals surface area contributed by atoms with Crippen LogP contribution in [-0.4, -0.2) is 34.1 Å². The minimum atomic E-state index is -0.697. The first-order chi connectivity index (χ1) is 17.0. The zero-order chi connectivity index (χ0) is 26.2. The number of rotatable bonds is 6. The van der Waals surface area contributed by atoms with Crippen LogP contribution in [0.15, 0.2) is 36.5 Å². The van der Waals surface area contributed by atoms with Crippen LogP contribution in [0.5, 0.6) is 5.75 Å². The molecule has 0 radical (unpaired) electrons. The van der Waals surface area contributed by atoms with E-state index in [2.05, 4.69) is 34.0 Å². The van der Waals surface area contributed by atoms with Crippen molar-refractivity contribution >= 4 is 17.3 Å². The summed E-state index contributed by atoms with van der Waals surface area (Å²) in [5, 5.41) is 2.41. The average Bonchev–Trinajstić information content (AvgIpc) is 2.81. The molecule has 0 aliphatic carbocycles. The van der Waals surface area contributed by atoms with Gasteiger partial charge in [-0.1, -0.05) is 13.0 Å². The Labute approximate surface area is 208 Å². The van der Waals surface area contributed by atoms with Gasteiger partial charge in [-0.05, 0) is 57.0 Å². The van der Waals surface area contributed by atoms with E-state index >= 15 is 4.39 Å². The quantitative estimate of drug-likeness (QED) is 0.459. The standard InChI is InChI=1S/C27H29F3N4O2/c1-6-15(2)34-14-27(4,5)36-26-20(29)11-18(12-23(26)34)25-21(30)13-31-24(33-25)10-17-7-8-22(19(28)9-17)32-16(3)35/h7-9,11-13,15H,6,10,14H2,1-5H3,(H,32,35). The molecule has 0 bridgehead atoms. The number of anilines is 2. The highest BCUT2D eigenvalue weighted by Gasteiger charge is 2.36. The van der Waals surface area contributed by atoms with E-state index in [4.69, 9.17) is 4.74 Å². The normalized spacial score (nSPS) is 15.2. The van der Waals surface area contributed by atoms with Gasteiger partial charge in [-0.15, -0.1) is 0 Å². The molecule has 190 valence electrons. The number of fused-ring (bicyclic) bond motifs is 1. The third-order valence-electron chi connectivity index (χ3n) is 6.16. The van der Waals surface area contributed by atoms with Crippen LogP contribution >= 0.6 is 0 Å². The molecule has 0 saturated carbocycles. The molecule has 1 atom stereocenters. The second kappa shape index (κ2) is 9.79. The second-order valence-electron chi connectivity index (χ2n) is 9.71. The van der Waals surface area contributed by atoms with E-state index in [1.54, 1.807) is 12.1 Å². The van der Waals surface area contributed by atoms with Gasteiger partial charge in [0.2, 0.25) is 5.91 Å². The van der Waals surface area contributed by atoms with E-state index in [0.717, 1.165) is 12.6 Å². The summed E-state index contributed by atoms with van der Waals surface area (Å²) in [5.41, 5.74) is 0.773. The number of ether oxygens (including phenoxy) is 1. The molecule has 1 aliphatic heterocycles. The van der Waals surface area contributed by atoms with E-state index in [9.17, 15) is 13.6 Å². The summed E-state index contributed by atoms with van der Waals surface area (Å²) in [6, 6.07) is 7.35. The first kappa shape index (κ1) is 25.5. The van der Waals surface area contributed by atoms with E-state index in [0.29, 0.717) is 17.8 Å². The van der Waals surface area contributed by atoms with Crippen molar-refractivity contribution < 1.29 is 22.7 Å². The van der Waals surface area contributed by atoms with E-state index < -0.39 is 23.1 Å². The van der Waals surface area contributed by atoms with Crippen molar-refractivity contribution in [2.75, 3.05) is 16.8 Å². The molecule has 2 heterocycles. The molecule has 1 aromatic heterocycles. The number of benzene rings is 2. The Morgan fingerprint density at radius 2 is 1.92 bits per heavy atom. The summed E-state index contributed by atoms with van der Waals surface area (Å²) in [7, 11) is 0. The van der Waals surface area contributed by atoms with Crippen LogP contribution in [0, 0.1) is 17.5 Å². The maximum atomic E-state index is 15.3. The van der Waals surface area contributed by atoms with Gasteiger partial charge in [-0.2, -0.15) is 0 Å². The Kier molecular flexibility index (Phi) is 6.93. The van der Waals surface area contributed by atoms with Crippen molar-refractivity contribution in [3.05, 3.63) is 65.4 Å². The fraction of sp³-hybridized carbons (Fsp3) is 0.370. The first-order valence-corrected chi connectivity index (χ1v) is 11.8. The van der Waals surface area contributed by atoms with Gasteiger partial charge in [0.25, 0.3) is 0 Å². The molecular formula is C27H29F3N4O2. The molecule has 3 aromatic rings. The van der Waals surface area contributed by atoms with Gasteiger partial charge >= 0.3 is 0 Å². The third kappa shape index (κ3) is 5.29. The molecule has 0 spiro atoms. The molecule has 2 aromatic carbocycles. The maximum absolute atomic E-state index is 15.3. The summed E-state index contributed by atoms with van der Waals surface area (Å²) < 4.78 is 50.4. The molecule has 0 saturated heterocycles. The highest BCUT2D eigenvalue weighted by molar-refractivity contribution is 5.88. The molecule has 1 amide bonds. The van der Waals surface area contributed by atoms with Crippen molar-refractivity contribution in [1.82, 2.24) is 9.97 Å². The number of nitrogens with one attached hydrogen (secondary N) is 1. The number of halogens is 3. The predicted molar refractivity (Wildman–Crippen MR) is 133 cm³/mol. The van der Waals surface area contributed by atoms with Crippen molar-refractivity contribution in [1.29, 1.82) is 0 Å². The Bertz CT molecular complexity index is 1310. The van der Waals surface area contributed by atoms with Gasteiger partial charge in [0.1, 0.15) is 22.9 Å². The van der Waals surface area contributed by atoms with Crippen molar-refractivity contribution in [2.45, 2.75) is 59.1 Å². The Morgan fingerprint density at radius 3 is 2.58 bits per heavy atom. The van der Waals surface area contributed by atoms with Crippen LogP contribution in [0.1, 0.15) is 52.4 Å². The zero-order valence-corrected chi connectivity index (χ0v) is 21.0. The summed E-state index contributed by atoms with van der Waals surface area (Å²) in [5.74, 6) is -1.90. The summed E-state index contributed by atoms with van der Waals surface area (Å²) in [6.45, 7) is 9.75. The van der Waals surface area contributed by atoms with E-state index in [1.165, 1.54) is 25.1 Å². The van der Waals surface area contributed by atoms with Crippen LogP contribution in [-0.2, 0) is 11.2 Å². The molecule has 0 fully saturated rings. The highest BCUT2D eigenvalue weighted by atomic mass is 19.1. The van der Waals surface area contributed by atoms with Gasteiger partial charge in [-0.3, -0.25) is 4.79 Å². The van der Waals surface area contributed by atoms with Crippen molar-refractivity contribution in [3.63, 3.8) is 0 Å². The minimum Gasteiger partial charge on any atom is -0.481 e. The van der Waals surface area contributed by atoms with Crippen molar-refractivity contribution in [2.24, 2.45) is 0 Å². The molecule has 1 unspecified atom stereocenters. The van der Waals surface area contributed by atoms with E-state index in [1.807, 2.05) is 13.8 Å². The molecule has 4 rings (SSSR count).